The Labute approximate surface area is 86.3 Å². The van der Waals surface area contributed by atoms with Crippen LogP contribution >= 0.6 is 0 Å². The standard InChI is InChI=1S/C10H10N2O3/c1-5-2-3-6-9(12-15-5)8(13)4-7(11)10(6)14/h3,5,11H,2,4H2,1H3. The van der Waals surface area contributed by atoms with Crippen LogP contribution in [0.2, 0.25) is 0 Å². The van der Waals surface area contributed by atoms with Crippen LogP contribution in [0, 0.1) is 5.41 Å². The molecule has 0 aromatic rings. The van der Waals surface area contributed by atoms with Gasteiger partial charge in [-0.15, -0.1) is 0 Å². The van der Waals surface area contributed by atoms with Gasteiger partial charge in [-0.2, -0.15) is 0 Å². The average molecular weight is 206 g/mol. The molecule has 0 saturated heterocycles. The number of Topliss-reactive ketones (excluding diaryl/α,β-unsaturated/α-hetero) is 2. The topological polar surface area (TPSA) is 79.6 Å². The number of ketones is 2. The molecule has 15 heavy (non-hydrogen) atoms. The number of allylic oxidation sites excluding steroid dienone is 1. The Bertz CT molecular complexity index is 420. The van der Waals surface area contributed by atoms with Crippen LogP contribution in [0.15, 0.2) is 16.8 Å². The second-order valence-corrected chi connectivity index (χ2v) is 3.62. The summed E-state index contributed by atoms with van der Waals surface area (Å²) in [7, 11) is 0. The van der Waals surface area contributed by atoms with Gasteiger partial charge in [0.2, 0.25) is 5.78 Å². The van der Waals surface area contributed by atoms with E-state index in [1.54, 1.807) is 13.0 Å². The normalized spacial score (nSPS) is 26.2. The summed E-state index contributed by atoms with van der Waals surface area (Å²) < 4.78 is 0. The van der Waals surface area contributed by atoms with Gasteiger partial charge in [-0.1, -0.05) is 11.2 Å². The van der Waals surface area contributed by atoms with Crippen LogP contribution in [0.4, 0.5) is 0 Å². The van der Waals surface area contributed by atoms with Crippen LogP contribution in [0.3, 0.4) is 0 Å². The zero-order chi connectivity index (χ0) is 11.0. The number of carbonyl (C=O) groups is 2. The molecule has 1 fully saturated rings. The summed E-state index contributed by atoms with van der Waals surface area (Å²) >= 11 is 0. The summed E-state index contributed by atoms with van der Waals surface area (Å²) in [6, 6.07) is 0. The molecular weight excluding hydrogens is 196 g/mol. The second-order valence-electron chi connectivity index (χ2n) is 3.62. The van der Waals surface area contributed by atoms with Gasteiger partial charge in [0, 0.05) is 6.42 Å². The van der Waals surface area contributed by atoms with E-state index in [1.807, 2.05) is 0 Å². The van der Waals surface area contributed by atoms with Crippen molar-refractivity contribution in [3.8, 4) is 0 Å². The van der Waals surface area contributed by atoms with Crippen LogP contribution in [0.5, 0.6) is 0 Å². The number of oxime groups is 1. The zero-order valence-corrected chi connectivity index (χ0v) is 8.24. The molecular formula is C10H10N2O3. The van der Waals surface area contributed by atoms with Gasteiger partial charge in [-0.25, -0.2) is 0 Å². The molecule has 2 rings (SSSR count). The molecule has 1 aliphatic carbocycles. The lowest BCUT2D eigenvalue weighted by Crippen LogP contribution is -2.35. The molecule has 1 atom stereocenters. The quantitative estimate of drug-likeness (QED) is 0.631. The van der Waals surface area contributed by atoms with Gasteiger partial charge in [0.05, 0.1) is 17.7 Å². The monoisotopic (exact) mass is 206 g/mol. The summed E-state index contributed by atoms with van der Waals surface area (Å²) in [6.45, 7) is 1.80. The van der Waals surface area contributed by atoms with Gasteiger partial charge in [-0.05, 0) is 6.92 Å². The van der Waals surface area contributed by atoms with E-state index >= 15 is 0 Å². The Morgan fingerprint density at radius 3 is 3.00 bits per heavy atom. The first kappa shape index (κ1) is 9.76. The predicted octanol–water partition coefficient (Wildman–Crippen LogP) is 0.639. The predicted molar refractivity (Wildman–Crippen MR) is 53.0 cm³/mol. The maximum atomic E-state index is 11.6. The fraction of sp³-hybridized carbons (Fsp3) is 0.400. The second kappa shape index (κ2) is 3.42. The van der Waals surface area contributed by atoms with E-state index < -0.39 is 5.78 Å². The molecule has 5 heteroatoms. The van der Waals surface area contributed by atoms with Crippen LogP contribution in [-0.4, -0.2) is 29.1 Å². The number of carbonyl (C=O) groups excluding carboxylic acids is 2. The van der Waals surface area contributed by atoms with Crippen LogP contribution in [-0.2, 0) is 14.4 Å². The highest BCUT2D eigenvalue weighted by molar-refractivity contribution is 6.68. The first-order chi connectivity index (χ1) is 7.09. The van der Waals surface area contributed by atoms with Crippen LogP contribution in [0.1, 0.15) is 19.8 Å². The Balaban J connectivity index is 2.46. The third-order valence-corrected chi connectivity index (χ3v) is 2.35. The van der Waals surface area contributed by atoms with Crippen molar-refractivity contribution in [2.24, 2.45) is 5.16 Å². The van der Waals surface area contributed by atoms with Gasteiger partial charge in [0.1, 0.15) is 6.10 Å². The summed E-state index contributed by atoms with van der Waals surface area (Å²) in [5.74, 6) is -0.731. The molecule has 1 N–H and O–H groups in total. The molecule has 78 valence electrons. The minimum Gasteiger partial charge on any atom is -0.392 e. The molecule has 0 aromatic heterocycles. The van der Waals surface area contributed by atoms with E-state index in [0.29, 0.717) is 6.42 Å². The molecule has 0 bridgehead atoms. The molecule has 1 aliphatic heterocycles. The Hall–Kier alpha value is -1.78. The van der Waals surface area contributed by atoms with Crippen molar-refractivity contribution in [1.82, 2.24) is 0 Å². The van der Waals surface area contributed by atoms with Crippen LogP contribution in [0.25, 0.3) is 0 Å². The third kappa shape index (κ3) is 1.60. The number of rotatable bonds is 0. The molecule has 0 aromatic carbocycles. The highest BCUT2D eigenvalue weighted by atomic mass is 16.6. The van der Waals surface area contributed by atoms with E-state index in [0.717, 1.165) is 0 Å². The van der Waals surface area contributed by atoms with E-state index in [1.165, 1.54) is 0 Å². The number of fused-ring (bicyclic) bond motifs is 1. The van der Waals surface area contributed by atoms with Gasteiger partial charge < -0.3 is 10.2 Å². The largest absolute Gasteiger partial charge is 0.392 e. The minimum atomic E-state index is -0.411. The average Bonchev–Trinajstić information content (AvgIpc) is 2.38. The first-order valence-corrected chi connectivity index (χ1v) is 4.69. The maximum Gasteiger partial charge on any atom is 0.209 e. The van der Waals surface area contributed by atoms with Crippen LogP contribution < -0.4 is 0 Å². The number of hydrogen-bond donors (Lipinski definition) is 1. The lowest BCUT2D eigenvalue weighted by molar-refractivity contribution is -0.115. The smallest absolute Gasteiger partial charge is 0.209 e. The molecule has 2 aliphatic rings. The van der Waals surface area contributed by atoms with Crippen molar-refractivity contribution in [1.29, 1.82) is 5.41 Å². The number of hydrogen-bond acceptors (Lipinski definition) is 5. The summed E-state index contributed by atoms with van der Waals surface area (Å²) in [5.41, 5.74) is 0.126. The highest BCUT2D eigenvalue weighted by Crippen LogP contribution is 2.18. The van der Waals surface area contributed by atoms with Crippen molar-refractivity contribution in [3.05, 3.63) is 11.6 Å². The fourth-order valence-electron chi connectivity index (χ4n) is 1.50. The molecule has 1 heterocycles. The van der Waals surface area contributed by atoms with E-state index in [4.69, 9.17) is 10.2 Å². The summed E-state index contributed by atoms with van der Waals surface area (Å²) in [6.07, 6.45) is 1.83. The lowest BCUT2D eigenvalue weighted by Gasteiger charge is -2.13. The fourth-order valence-corrected chi connectivity index (χ4v) is 1.50. The Morgan fingerprint density at radius 2 is 2.27 bits per heavy atom. The Morgan fingerprint density at radius 1 is 1.53 bits per heavy atom. The summed E-state index contributed by atoms with van der Waals surface area (Å²) in [5, 5.41) is 11.0. The maximum absolute atomic E-state index is 11.6. The number of nitrogens with zero attached hydrogens (tertiary/aromatic N) is 1. The van der Waals surface area contributed by atoms with E-state index in [9.17, 15) is 9.59 Å². The van der Waals surface area contributed by atoms with Gasteiger partial charge in [0.25, 0.3) is 0 Å². The van der Waals surface area contributed by atoms with Crippen molar-refractivity contribution in [2.75, 3.05) is 0 Å². The molecule has 0 amide bonds. The van der Waals surface area contributed by atoms with E-state index in [2.05, 4.69) is 5.16 Å². The first-order valence-electron chi connectivity index (χ1n) is 4.69. The van der Waals surface area contributed by atoms with E-state index in [-0.39, 0.29) is 35.3 Å². The summed E-state index contributed by atoms with van der Waals surface area (Å²) in [4.78, 5) is 28.1. The van der Waals surface area contributed by atoms with Gasteiger partial charge in [0.15, 0.2) is 11.5 Å². The lowest BCUT2D eigenvalue weighted by atomic mass is 9.88. The third-order valence-electron chi connectivity index (χ3n) is 2.35. The molecule has 0 spiro atoms. The Kier molecular flexibility index (Phi) is 2.22. The SMILES string of the molecule is CC1CC=C2C(=O)C(=N)CC(=O)C2=NO1. The molecule has 1 unspecified atom stereocenters. The molecule has 0 radical (unpaired) electrons. The van der Waals surface area contributed by atoms with Gasteiger partial charge in [-0.3, -0.25) is 9.59 Å². The number of nitrogens with one attached hydrogen (secondary N) is 1. The minimum absolute atomic E-state index is 0.0698. The molecule has 5 nitrogen and oxygen atoms in total. The highest BCUT2D eigenvalue weighted by Gasteiger charge is 2.34. The van der Waals surface area contributed by atoms with Crippen molar-refractivity contribution >= 4 is 23.0 Å². The zero-order valence-electron chi connectivity index (χ0n) is 8.24. The molecule has 1 saturated carbocycles. The van der Waals surface area contributed by atoms with Gasteiger partial charge >= 0.3 is 0 Å². The van der Waals surface area contributed by atoms with Crippen molar-refractivity contribution in [3.63, 3.8) is 0 Å². The van der Waals surface area contributed by atoms with Crippen molar-refractivity contribution < 1.29 is 14.4 Å². The van der Waals surface area contributed by atoms with Crippen molar-refractivity contribution in [2.45, 2.75) is 25.9 Å².